The van der Waals surface area contributed by atoms with Crippen LogP contribution < -0.4 is 14.4 Å². The second-order valence-corrected chi connectivity index (χ2v) is 6.56. The quantitative estimate of drug-likeness (QED) is 0.897. The van der Waals surface area contributed by atoms with Crippen LogP contribution in [0.2, 0.25) is 0 Å². The predicted octanol–water partition coefficient (Wildman–Crippen LogP) is 1.83. The fourth-order valence-electron chi connectivity index (χ4n) is 1.84. The molecule has 1 aromatic heterocycles. The monoisotopic (exact) mass is 332 g/mol. The zero-order valence-corrected chi connectivity index (χ0v) is 13.8. The fraction of sp³-hybridized carbons (Fsp3) is 0.200. The number of nitrogens with one attached hydrogen (secondary N) is 1. The lowest BCUT2D eigenvalue weighted by Crippen LogP contribution is -2.15. The third-order valence-electron chi connectivity index (χ3n) is 3.11. The van der Waals surface area contributed by atoms with Gasteiger partial charge >= 0.3 is 0 Å². The van der Waals surface area contributed by atoms with Crippen molar-refractivity contribution in [3.63, 3.8) is 0 Å². The lowest BCUT2D eigenvalue weighted by atomic mass is 10.2. The van der Waals surface area contributed by atoms with E-state index in [4.69, 9.17) is 10.00 Å². The highest BCUT2D eigenvalue weighted by atomic mass is 32.2. The molecule has 1 N–H and O–H groups in total. The van der Waals surface area contributed by atoms with Crippen molar-refractivity contribution in [1.82, 2.24) is 4.98 Å². The second kappa shape index (κ2) is 6.54. The summed E-state index contributed by atoms with van der Waals surface area (Å²) in [7, 11) is 1.25. The van der Waals surface area contributed by atoms with E-state index >= 15 is 0 Å². The topological polar surface area (TPSA) is 95.3 Å². The number of sulfonamides is 1. The number of anilines is 2. The number of ether oxygens (including phenoxy) is 1. The van der Waals surface area contributed by atoms with Crippen molar-refractivity contribution in [1.29, 1.82) is 5.26 Å². The van der Waals surface area contributed by atoms with E-state index in [9.17, 15) is 8.42 Å². The van der Waals surface area contributed by atoms with Gasteiger partial charge < -0.3 is 9.64 Å². The third kappa shape index (κ3) is 3.70. The highest BCUT2D eigenvalue weighted by Crippen LogP contribution is 2.25. The summed E-state index contributed by atoms with van der Waals surface area (Å²) in [6.45, 7) is 0. The molecule has 120 valence electrons. The van der Waals surface area contributed by atoms with Crippen molar-refractivity contribution >= 4 is 21.4 Å². The number of rotatable bonds is 5. The van der Waals surface area contributed by atoms with Gasteiger partial charge in [0.2, 0.25) is 5.88 Å². The first-order valence-corrected chi connectivity index (χ1v) is 8.10. The van der Waals surface area contributed by atoms with Crippen LogP contribution in [0.1, 0.15) is 5.56 Å². The van der Waals surface area contributed by atoms with E-state index in [2.05, 4.69) is 9.71 Å². The second-order valence-electron chi connectivity index (χ2n) is 4.88. The third-order valence-corrected chi connectivity index (χ3v) is 4.46. The van der Waals surface area contributed by atoms with Gasteiger partial charge in [-0.25, -0.2) is 13.4 Å². The molecule has 0 amide bonds. The van der Waals surface area contributed by atoms with E-state index < -0.39 is 10.0 Å². The minimum absolute atomic E-state index is 0.0163. The maximum Gasteiger partial charge on any atom is 0.263 e. The van der Waals surface area contributed by atoms with Crippen LogP contribution in [0.5, 0.6) is 5.88 Å². The molecule has 0 aliphatic heterocycles. The average molecular weight is 332 g/mol. The maximum absolute atomic E-state index is 12.4. The van der Waals surface area contributed by atoms with Crippen LogP contribution in [0, 0.1) is 11.3 Å². The summed E-state index contributed by atoms with van der Waals surface area (Å²) in [5, 5.41) is 9.16. The van der Waals surface area contributed by atoms with Crippen LogP contribution in [0.4, 0.5) is 11.4 Å². The first-order valence-electron chi connectivity index (χ1n) is 6.61. The van der Waals surface area contributed by atoms with Gasteiger partial charge in [0.15, 0.2) is 0 Å². The Labute approximate surface area is 135 Å². The Hall–Kier alpha value is -2.79. The largest absolute Gasteiger partial charge is 0.481 e. The summed E-state index contributed by atoms with van der Waals surface area (Å²) in [6.07, 6.45) is 1.20. The molecule has 0 unspecified atom stereocenters. The Bertz CT molecular complexity index is 840. The number of hydrogen-bond donors (Lipinski definition) is 1. The molecule has 0 aliphatic rings. The van der Waals surface area contributed by atoms with E-state index in [0.717, 1.165) is 5.69 Å². The van der Waals surface area contributed by atoms with Gasteiger partial charge in [-0.2, -0.15) is 5.26 Å². The van der Waals surface area contributed by atoms with E-state index in [1.54, 1.807) is 18.2 Å². The Balaban J connectivity index is 2.39. The minimum Gasteiger partial charge on any atom is -0.481 e. The van der Waals surface area contributed by atoms with Crippen LogP contribution >= 0.6 is 0 Å². The number of nitrogens with zero attached hydrogens (tertiary/aromatic N) is 3. The smallest absolute Gasteiger partial charge is 0.263 e. The normalized spacial score (nSPS) is 10.7. The van der Waals surface area contributed by atoms with Crippen molar-refractivity contribution < 1.29 is 13.2 Å². The molecule has 1 heterocycles. The van der Waals surface area contributed by atoms with Gasteiger partial charge in [0.1, 0.15) is 11.0 Å². The molecule has 8 heteroatoms. The molecule has 2 aromatic rings. The highest BCUT2D eigenvalue weighted by Gasteiger charge is 2.17. The molecule has 0 saturated heterocycles. The molecule has 0 saturated carbocycles. The number of hydrogen-bond acceptors (Lipinski definition) is 6. The average Bonchev–Trinajstić information content (AvgIpc) is 2.54. The van der Waals surface area contributed by atoms with Crippen molar-refractivity contribution in [2.75, 3.05) is 30.8 Å². The molecule has 2 rings (SSSR count). The Morgan fingerprint density at radius 1 is 1.26 bits per heavy atom. The molecule has 0 fully saturated rings. The van der Waals surface area contributed by atoms with Crippen LogP contribution in [0.25, 0.3) is 0 Å². The molecular formula is C15H16N4O3S. The molecule has 23 heavy (non-hydrogen) atoms. The Kier molecular flexibility index (Phi) is 4.71. The molecule has 0 bridgehead atoms. The molecule has 7 nitrogen and oxygen atoms in total. The summed E-state index contributed by atoms with van der Waals surface area (Å²) >= 11 is 0. The van der Waals surface area contributed by atoms with Crippen LogP contribution in [-0.4, -0.2) is 34.6 Å². The first kappa shape index (κ1) is 16.6. The molecular weight excluding hydrogens is 316 g/mol. The number of methoxy groups -OCH3 is 1. The molecule has 1 aromatic carbocycles. The Morgan fingerprint density at radius 2 is 2.00 bits per heavy atom. The standard InChI is InChI=1S/C15H16N4O3S/c1-19(2)12-5-4-11(9-16)14(8-12)18-23(20,21)13-6-7-15(22-3)17-10-13/h4-8,10,18H,1-3H3. The number of nitriles is 1. The van der Waals surface area contributed by atoms with Crippen molar-refractivity contribution in [2.45, 2.75) is 4.90 Å². The number of benzene rings is 1. The van der Waals surface area contributed by atoms with E-state index in [1.807, 2.05) is 25.1 Å². The van der Waals surface area contributed by atoms with Gasteiger partial charge in [0.25, 0.3) is 10.0 Å². The van der Waals surface area contributed by atoms with Crippen molar-refractivity contribution in [3.8, 4) is 11.9 Å². The molecule has 0 aliphatic carbocycles. The Morgan fingerprint density at radius 3 is 2.52 bits per heavy atom. The summed E-state index contributed by atoms with van der Waals surface area (Å²) in [5.41, 5.74) is 1.23. The number of pyridine rings is 1. The summed E-state index contributed by atoms with van der Waals surface area (Å²) in [6, 6.07) is 9.73. The van der Waals surface area contributed by atoms with E-state index in [0.29, 0.717) is 5.88 Å². The minimum atomic E-state index is -3.85. The maximum atomic E-state index is 12.4. The van der Waals surface area contributed by atoms with Gasteiger partial charge in [-0.1, -0.05) is 0 Å². The zero-order valence-electron chi connectivity index (χ0n) is 12.9. The SMILES string of the molecule is COc1ccc(S(=O)(=O)Nc2cc(N(C)C)ccc2C#N)cn1. The van der Waals surface area contributed by atoms with Crippen molar-refractivity contribution in [2.24, 2.45) is 0 Å². The van der Waals surface area contributed by atoms with Crippen LogP contribution in [0.15, 0.2) is 41.4 Å². The zero-order chi connectivity index (χ0) is 17.0. The van der Waals surface area contributed by atoms with E-state index in [1.165, 1.54) is 25.4 Å². The van der Waals surface area contributed by atoms with E-state index in [-0.39, 0.29) is 16.1 Å². The highest BCUT2D eigenvalue weighted by molar-refractivity contribution is 7.92. The molecule has 0 radical (unpaired) electrons. The van der Waals surface area contributed by atoms with Crippen molar-refractivity contribution in [3.05, 3.63) is 42.1 Å². The summed E-state index contributed by atoms with van der Waals surface area (Å²) in [4.78, 5) is 5.68. The van der Waals surface area contributed by atoms with Gasteiger partial charge in [0.05, 0.1) is 24.6 Å². The number of aromatic nitrogens is 1. The summed E-state index contributed by atoms with van der Waals surface area (Å²) < 4.78 is 32.2. The van der Waals surface area contributed by atoms with Crippen LogP contribution in [0.3, 0.4) is 0 Å². The summed E-state index contributed by atoms with van der Waals surface area (Å²) in [5.74, 6) is 0.316. The van der Waals surface area contributed by atoms with Gasteiger partial charge in [-0.3, -0.25) is 4.72 Å². The lowest BCUT2D eigenvalue weighted by molar-refractivity contribution is 0.397. The first-order chi connectivity index (χ1) is 10.9. The van der Waals surface area contributed by atoms with Gasteiger partial charge in [0, 0.05) is 25.8 Å². The predicted molar refractivity (Wildman–Crippen MR) is 87.1 cm³/mol. The van der Waals surface area contributed by atoms with Gasteiger partial charge in [-0.15, -0.1) is 0 Å². The molecule has 0 atom stereocenters. The lowest BCUT2D eigenvalue weighted by Gasteiger charge is -2.15. The van der Waals surface area contributed by atoms with Crippen LogP contribution in [-0.2, 0) is 10.0 Å². The fourth-order valence-corrected chi connectivity index (χ4v) is 2.86. The van der Waals surface area contributed by atoms with Gasteiger partial charge in [-0.05, 0) is 24.3 Å². The molecule has 0 spiro atoms.